The lowest BCUT2D eigenvalue weighted by molar-refractivity contribution is 0.398. The van der Waals surface area contributed by atoms with Gasteiger partial charge in [0.15, 0.2) is 0 Å². The van der Waals surface area contributed by atoms with Crippen LogP contribution in [0.2, 0.25) is 0 Å². The van der Waals surface area contributed by atoms with E-state index in [1.54, 1.807) is 12.3 Å². The summed E-state index contributed by atoms with van der Waals surface area (Å²) in [6, 6.07) is 3.72. The number of hydrogen-bond donors (Lipinski definition) is 1. The molecule has 0 aliphatic carbocycles. The molecule has 0 bridgehead atoms. The molecule has 2 rings (SSSR count). The van der Waals surface area contributed by atoms with Crippen molar-refractivity contribution in [3.63, 3.8) is 0 Å². The first kappa shape index (κ1) is 10.1. The normalized spacial score (nSPS) is 12.1. The molecule has 0 saturated carbocycles. The molecule has 1 N–H and O–H groups in total. The van der Waals surface area contributed by atoms with Gasteiger partial charge in [-0.05, 0) is 18.2 Å². The van der Waals surface area contributed by atoms with E-state index in [1.807, 2.05) is 0 Å². The minimum atomic E-state index is -3.88. The number of fused-ring (bicyclic) bond motifs is 1. The standard InChI is InChI=1S/C9H8FNO3S/c1-14-15(12,13)9-5-6(10)4-8-7(9)2-3-11-8/h2-5,11H,1H3. The van der Waals surface area contributed by atoms with Crippen molar-refractivity contribution in [2.24, 2.45) is 0 Å². The highest BCUT2D eigenvalue weighted by Crippen LogP contribution is 2.24. The van der Waals surface area contributed by atoms with Gasteiger partial charge in [0.25, 0.3) is 10.1 Å². The van der Waals surface area contributed by atoms with Gasteiger partial charge in [-0.2, -0.15) is 8.42 Å². The molecule has 2 aromatic rings. The third kappa shape index (κ3) is 1.62. The van der Waals surface area contributed by atoms with E-state index in [1.165, 1.54) is 6.07 Å². The Morgan fingerprint density at radius 2 is 2.13 bits per heavy atom. The number of hydrogen-bond acceptors (Lipinski definition) is 3. The molecule has 1 heterocycles. The molecule has 0 aliphatic rings. The highest BCUT2D eigenvalue weighted by Gasteiger charge is 2.18. The Balaban J connectivity index is 2.85. The molecule has 0 spiro atoms. The van der Waals surface area contributed by atoms with Crippen molar-refractivity contribution >= 4 is 21.0 Å². The lowest BCUT2D eigenvalue weighted by Gasteiger charge is -2.03. The highest BCUT2D eigenvalue weighted by molar-refractivity contribution is 7.87. The van der Waals surface area contributed by atoms with E-state index < -0.39 is 15.9 Å². The summed E-state index contributed by atoms with van der Waals surface area (Å²) in [5, 5.41) is 0.415. The van der Waals surface area contributed by atoms with Crippen LogP contribution in [0.5, 0.6) is 0 Å². The topological polar surface area (TPSA) is 59.2 Å². The Morgan fingerprint density at radius 1 is 1.40 bits per heavy atom. The largest absolute Gasteiger partial charge is 0.361 e. The zero-order valence-electron chi connectivity index (χ0n) is 7.82. The Bertz CT molecular complexity index is 603. The Labute approximate surface area is 85.8 Å². The van der Waals surface area contributed by atoms with Crippen molar-refractivity contribution in [1.29, 1.82) is 0 Å². The van der Waals surface area contributed by atoms with Crippen molar-refractivity contribution in [3.8, 4) is 0 Å². The van der Waals surface area contributed by atoms with Gasteiger partial charge in [0, 0.05) is 17.1 Å². The second-order valence-corrected chi connectivity index (χ2v) is 4.65. The molecule has 15 heavy (non-hydrogen) atoms. The fourth-order valence-corrected chi connectivity index (χ4v) is 2.28. The average Bonchev–Trinajstić information content (AvgIpc) is 2.63. The van der Waals surface area contributed by atoms with Gasteiger partial charge in [-0.25, -0.2) is 4.39 Å². The summed E-state index contributed by atoms with van der Waals surface area (Å²) in [6.45, 7) is 0. The van der Waals surface area contributed by atoms with Crippen molar-refractivity contribution < 1.29 is 17.0 Å². The zero-order chi connectivity index (χ0) is 11.1. The molecule has 6 heteroatoms. The van der Waals surface area contributed by atoms with Crippen LogP contribution in [0.25, 0.3) is 10.9 Å². The molecule has 4 nitrogen and oxygen atoms in total. The van der Waals surface area contributed by atoms with Crippen LogP contribution < -0.4 is 0 Å². The first-order valence-electron chi connectivity index (χ1n) is 4.12. The van der Waals surface area contributed by atoms with Gasteiger partial charge in [0.1, 0.15) is 10.7 Å². The van der Waals surface area contributed by atoms with Crippen LogP contribution in [0.1, 0.15) is 0 Å². The Kier molecular flexibility index (Phi) is 2.24. The third-order valence-electron chi connectivity index (χ3n) is 2.08. The number of H-pyrrole nitrogens is 1. The molecule has 0 fully saturated rings. The van der Waals surface area contributed by atoms with E-state index in [2.05, 4.69) is 9.17 Å². The molecule has 0 radical (unpaired) electrons. The number of aromatic nitrogens is 1. The minimum absolute atomic E-state index is 0.166. The molecular formula is C9H8FNO3S. The molecule has 0 unspecified atom stereocenters. The van der Waals surface area contributed by atoms with Crippen LogP contribution in [-0.4, -0.2) is 20.5 Å². The Morgan fingerprint density at radius 3 is 2.80 bits per heavy atom. The smallest absolute Gasteiger partial charge is 0.297 e. The SMILES string of the molecule is COS(=O)(=O)c1cc(F)cc2[nH]ccc12. The first-order valence-corrected chi connectivity index (χ1v) is 5.52. The second kappa shape index (κ2) is 3.32. The predicted octanol–water partition coefficient (Wildman–Crippen LogP) is 1.64. The lowest BCUT2D eigenvalue weighted by atomic mass is 10.2. The van der Waals surface area contributed by atoms with Crippen molar-refractivity contribution in [2.75, 3.05) is 7.11 Å². The lowest BCUT2D eigenvalue weighted by Crippen LogP contribution is -2.03. The van der Waals surface area contributed by atoms with Crippen LogP contribution in [0, 0.1) is 5.82 Å². The summed E-state index contributed by atoms with van der Waals surface area (Å²) >= 11 is 0. The molecule has 0 saturated heterocycles. The fourth-order valence-electron chi connectivity index (χ4n) is 1.40. The van der Waals surface area contributed by atoms with E-state index in [0.717, 1.165) is 13.2 Å². The molecule has 1 aromatic heterocycles. The second-order valence-electron chi connectivity index (χ2n) is 2.96. The maximum atomic E-state index is 13.1. The summed E-state index contributed by atoms with van der Waals surface area (Å²) in [6.07, 6.45) is 1.54. The molecule has 0 amide bonds. The molecule has 0 atom stereocenters. The van der Waals surface area contributed by atoms with Crippen LogP contribution in [0.4, 0.5) is 4.39 Å². The van der Waals surface area contributed by atoms with Crippen molar-refractivity contribution in [3.05, 3.63) is 30.2 Å². The predicted molar refractivity (Wildman–Crippen MR) is 52.5 cm³/mol. The van der Waals surface area contributed by atoms with Gasteiger partial charge in [-0.15, -0.1) is 0 Å². The highest BCUT2D eigenvalue weighted by atomic mass is 32.2. The number of aromatic amines is 1. The van der Waals surface area contributed by atoms with E-state index in [0.29, 0.717) is 10.9 Å². The maximum absolute atomic E-state index is 13.1. The van der Waals surface area contributed by atoms with Crippen LogP contribution >= 0.6 is 0 Å². The average molecular weight is 229 g/mol. The number of halogens is 1. The molecular weight excluding hydrogens is 221 g/mol. The molecule has 80 valence electrons. The van der Waals surface area contributed by atoms with Crippen molar-refractivity contribution in [2.45, 2.75) is 4.90 Å². The van der Waals surface area contributed by atoms with Gasteiger partial charge in [-0.3, -0.25) is 4.18 Å². The van der Waals surface area contributed by atoms with Gasteiger partial charge >= 0.3 is 0 Å². The van der Waals surface area contributed by atoms with E-state index in [4.69, 9.17) is 0 Å². The summed E-state index contributed by atoms with van der Waals surface area (Å²) in [5.41, 5.74) is 0.422. The first-order chi connectivity index (χ1) is 7.04. The van der Waals surface area contributed by atoms with Gasteiger partial charge < -0.3 is 4.98 Å². The van der Waals surface area contributed by atoms with Crippen LogP contribution in [0.3, 0.4) is 0 Å². The maximum Gasteiger partial charge on any atom is 0.297 e. The summed E-state index contributed by atoms with van der Waals surface area (Å²) in [7, 11) is -2.84. The van der Waals surface area contributed by atoms with Crippen LogP contribution in [-0.2, 0) is 14.3 Å². The zero-order valence-corrected chi connectivity index (χ0v) is 8.64. The molecule has 0 aliphatic heterocycles. The van der Waals surface area contributed by atoms with Gasteiger partial charge in [0.2, 0.25) is 0 Å². The monoisotopic (exact) mass is 229 g/mol. The molecule has 1 aromatic carbocycles. The Hall–Kier alpha value is -1.40. The summed E-state index contributed by atoms with van der Waals surface area (Å²) in [5.74, 6) is -0.624. The minimum Gasteiger partial charge on any atom is -0.361 e. The van der Waals surface area contributed by atoms with Crippen LogP contribution in [0.15, 0.2) is 29.3 Å². The fraction of sp³-hybridized carbons (Fsp3) is 0.111. The third-order valence-corrected chi connectivity index (χ3v) is 3.40. The summed E-state index contributed by atoms with van der Waals surface area (Å²) < 4.78 is 40.4. The van der Waals surface area contributed by atoms with Crippen molar-refractivity contribution in [1.82, 2.24) is 4.98 Å². The van der Waals surface area contributed by atoms with Gasteiger partial charge in [-0.1, -0.05) is 0 Å². The van der Waals surface area contributed by atoms with E-state index in [9.17, 15) is 12.8 Å². The number of nitrogens with one attached hydrogen (secondary N) is 1. The van der Waals surface area contributed by atoms with E-state index >= 15 is 0 Å². The number of rotatable bonds is 2. The van der Waals surface area contributed by atoms with E-state index in [-0.39, 0.29) is 4.90 Å². The number of benzene rings is 1. The quantitative estimate of drug-likeness (QED) is 0.796. The summed E-state index contributed by atoms with van der Waals surface area (Å²) in [4.78, 5) is 2.57. The van der Waals surface area contributed by atoms with Gasteiger partial charge in [0.05, 0.1) is 7.11 Å².